The van der Waals surface area contributed by atoms with Crippen LogP contribution in [-0.4, -0.2) is 19.6 Å². The molecule has 0 radical (unpaired) electrons. The van der Waals surface area contributed by atoms with E-state index in [9.17, 15) is 5.11 Å². The molecule has 7 aromatic carbocycles. The van der Waals surface area contributed by atoms with Crippen molar-refractivity contribution in [2.75, 3.05) is 0 Å². The molecule has 2 aromatic heterocycles. The summed E-state index contributed by atoms with van der Waals surface area (Å²) in [5.41, 5.74) is 19.6. The molecule has 0 saturated heterocycles. The third kappa shape index (κ3) is 10.6. The minimum atomic E-state index is -0.679. The topological polar surface area (TPSA) is 50.9 Å². The molecule has 0 unspecified atom stereocenters. The molecule has 9 rings (SSSR count). The molecule has 9 aromatic rings. The van der Waals surface area contributed by atoms with E-state index in [4.69, 9.17) is 11.3 Å². The second-order valence-electron chi connectivity index (χ2n) is 24.2. The molecule has 2 heterocycles. The molecule has 0 bridgehead atoms. The summed E-state index contributed by atoms with van der Waals surface area (Å²) < 4.78 is 10.8. The molecule has 5 heteroatoms. The van der Waals surface area contributed by atoms with Crippen molar-refractivity contribution in [1.82, 2.24) is 14.5 Å². The number of nitrogens with zero attached hydrogens (tertiary/aromatic N) is 3. The van der Waals surface area contributed by atoms with Gasteiger partial charge in [-0.2, -0.15) is 0 Å². The number of phenolic OH excluding ortho intramolecular Hbond substituents is 1. The first-order chi connectivity index (χ1) is 34.2. The average molecular weight is 1140 g/mol. The van der Waals surface area contributed by atoms with Gasteiger partial charge in [0.2, 0.25) is 0 Å². The Morgan fingerprint density at radius 3 is 1.79 bits per heavy atom. The van der Waals surface area contributed by atoms with Gasteiger partial charge in [0.15, 0.2) is 0 Å². The van der Waals surface area contributed by atoms with E-state index in [1.54, 1.807) is 0 Å². The maximum Gasteiger partial charge on any atom is 0.148 e. The third-order valence-electron chi connectivity index (χ3n) is 14.3. The van der Waals surface area contributed by atoms with Gasteiger partial charge in [-0.3, -0.25) is 9.55 Å². The van der Waals surface area contributed by atoms with Crippen LogP contribution in [0.4, 0.5) is 0 Å². The first kappa shape index (κ1) is 51.5. The molecule has 0 aliphatic carbocycles. The maximum absolute atomic E-state index is 12.6. The Morgan fingerprint density at radius 1 is 0.548 bits per heavy atom. The molecule has 0 aliphatic heterocycles. The van der Waals surface area contributed by atoms with Crippen molar-refractivity contribution in [1.29, 1.82) is 0 Å². The van der Waals surface area contributed by atoms with E-state index in [1.807, 2.05) is 38.2 Å². The van der Waals surface area contributed by atoms with Gasteiger partial charge < -0.3 is 5.11 Å². The van der Waals surface area contributed by atoms with Crippen molar-refractivity contribution in [2.45, 2.75) is 131 Å². The number of pyridine rings is 1. The van der Waals surface area contributed by atoms with Crippen molar-refractivity contribution in [2.24, 2.45) is 0 Å². The van der Waals surface area contributed by atoms with Crippen LogP contribution < -0.4 is 0 Å². The molecule has 0 atom stereocenters. The Balaban J connectivity index is 0.00000729. The summed E-state index contributed by atoms with van der Waals surface area (Å²) in [6.45, 7) is 32.8. The maximum atomic E-state index is 12.6. The fraction of sp³-hybridized carbons (Fsp3) is 0.294. The average Bonchev–Trinajstić information content (AvgIpc) is 3.71. The minimum absolute atomic E-state index is 0. The van der Waals surface area contributed by atoms with E-state index < -0.39 is 5.89 Å². The number of aromatic nitrogens is 3. The summed E-state index contributed by atoms with van der Waals surface area (Å²) in [5, 5.41) is 12.6. The van der Waals surface area contributed by atoms with Crippen molar-refractivity contribution in [3.63, 3.8) is 0 Å². The van der Waals surface area contributed by atoms with Gasteiger partial charge in [0.1, 0.15) is 11.6 Å². The number of hydrogen-bond acceptors (Lipinski definition) is 3. The molecule has 0 spiro atoms. The van der Waals surface area contributed by atoms with E-state index in [2.05, 4.69) is 228 Å². The van der Waals surface area contributed by atoms with Gasteiger partial charge in [0.25, 0.3) is 0 Å². The number of rotatable bonds is 8. The van der Waals surface area contributed by atoms with Crippen LogP contribution in [0.1, 0.15) is 138 Å². The second-order valence-corrected chi connectivity index (χ2v) is 24.2. The molecule has 73 heavy (non-hydrogen) atoms. The molecule has 376 valence electrons. The molecular weight excluding hydrogens is 1070 g/mol. The molecular formula is C68H72N3OPt-. The molecule has 4 nitrogen and oxygen atoms in total. The standard InChI is InChI=1S/C68H72N3O.Pt/c1-42(2)44-27-29-45(30-28-44)47-33-34-69-58(39-47)50-36-49(37-51(38-50)65(4,5)6)54-24-20-26-60-62(54)70-64(55-40-52(66(7,8)9)41-57(63(55)72)68(13,14)15)71(60)59-32-31-48(35-43(59)3)61-53(46-21-17-16-18-22-46)23-19-25-56(61)67(10,11)12;/h16-35,37-42,72H,1-15H3;/q-1;/i42D;. The van der Waals surface area contributed by atoms with E-state index in [-0.39, 0.29) is 48.5 Å². The summed E-state index contributed by atoms with van der Waals surface area (Å²) in [6.07, 6.45) is 1.88. The number of phenols is 1. The number of imidazole rings is 1. The number of fused-ring (bicyclic) bond motifs is 1. The van der Waals surface area contributed by atoms with Crippen LogP contribution in [-0.2, 0) is 42.7 Å². The molecule has 0 amide bonds. The first-order valence-corrected chi connectivity index (χ1v) is 25.5. The predicted octanol–water partition coefficient (Wildman–Crippen LogP) is 18.5. The van der Waals surface area contributed by atoms with Crippen molar-refractivity contribution < 1.29 is 27.5 Å². The number of aryl methyl sites for hydroxylation is 1. The zero-order valence-electron chi connectivity index (χ0n) is 46.5. The SMILES string of the molecule is [2H]C(C)(C)c1ccc(-c2ccnc(-c3[c-]c(-c4cccc5c4nc(-c4cc(C(C)(C)C)cc(C(C)(C)C)c4O)n5-c4ccc(-c5c(-c6ccccc6)cccc5C(C)(C)C)cc4C)cc(C(C)(C)C)c3)c2)cc1.[Pt]. The molecule has 0 saturated carbocycles. The molecule has 1 N–H and O–H groups in total. The van der Waals surface area contributed by atoms with Crippen LogP contribution >= 0.6 is 0 Å². The fourth-order valence-corrected chi connectivity index (χ4v) is 10.00. The fourth-order valence-electron chi connectivity index (χ4n) is 10.00. The smallest absolute Gasteiger partial charge is 0.148 e. The van der Waals surface area contributed by atoms with Gasteiger partial charge in [-0.05, 0) is 120 Å². The van der Waals surface area contributed by atoms with Gasteiger partial charge in [0, 0.05) is 39.9 Å². The summed E-state index contributed by atoms with van der Waals surface area (Å²) in [5.74, 6) is 0.239. The Bertz CT molecular complexity index is 3530. The number of benzene rings is 7. The van der Waals surface area contributed by atoms with Gasteiger partial charge in [-0.1, -0.05) is 211 Å². The van der Waals surface area contributed by atoms with E-state index in [0.29, 0.717) is 11.4 Å². The Kier molecular flexibility index (Phi) is 14.0. The van der Waals surface area contributed by atoms with E-state index in [0.717, 1.165) is 83.6 Å². The summed E-state index contributed by atoms with van der Waals surface area (Å²) in [6, 6.07) is 55.8. The van der Waals surface area contributed by atoms with Crippen LogP contribution in [0.5, 0.6) is 5.75 Å². The normalized spacial score (nSPS) is 12.7. The Morgan fingerprint density at radius 2 is 1.16 bits per heavy atom. The van der Waals surface area contributed by atoms with Gasteiger partial charge in [-0.25, -0.2) is 4.98 Å². The number of aromatic hydroxyl groups is 1. The Labute approximate surface area is 451 Å². The largest absolute Gasteiger partial charge is 0.507 e. The predicted molar refractivity (Wildman–Crippen MR) is 306 cm³/mol. The van der Waals surface area contributed by atoms with E-state index >= 15 is 0 Å². The van der Waals surface area contributed by atoms with E-state index in [1.165, 1.54) is 22.3 Å². The van der Waals surface area contributed by atoms with Crippen molar-refractivity contribution in [3.05, 3.63) is 191 Å². The third-order valence-corrected chi connectivity index (χ3v) is 14.3. The Hall–Kier alpha value is -6.35. The zero-order valence-corrected chi connectivity index (χ0v) is 47.8. The number of hydrogen-bond donors (Lipinski definition) is 1. The minimum Gasteiger partial charge on any atom is -0.507 e. The first-order valence-electron chi connectivity index (χ1n) is 26.0. The quantitative estimate of drug-likeness (QED) is 0.154. The summed E-state index contributed by atoms with van der Waals surface area (Å²) in [4.78, 5) is 10.6. The summed E-state index contributed by atoms with van der Waals surface area (Å²) in [7, 11) is 0. The zero-order chi connectivity index (χ0) is 52.6. The monoisotopic (exact) mass is 1140 g/mol. The van der Waals surface area contributed by atoms with Crippen LogP contribution in [0.3, 0.4) is 0 Å². The second kappa shape index (κ2) is 19.8. The molecule has 0 aliphatic rings. The van der Waals surface area contributed by atoms with Gasteiger partial charge in [0.05, 0.1) is 22.3 Å². The van der Waals surface area contributed by atoms with Gasteiger partial charge in [-0.15, -0.1) is 29.3 Å². The van der Waals surface area contributed by atoms with Crippen LogP contribution in [0.25, 0.3) is 83.9 Å². The van der Waals surface area contributed by atoms with Crippen LogP contribution in [0, 0.1) is 13.0 Å². The van der Waals surface area contributed by atoms with Gasteiger partial charge >= 0.3 is 0 Å². The van der Waals surface area contributed by atoms with Crippen molar-refractivity contribution >= 4 is 11.0 Å². The molecule has 0 fully saturated rings. The summed E-state index contributed by atoms with van der Waals surface area (Å²) >= 11 is 0. The van der Waals surface area contributed by atoms with Crippen LogP contribution in [0.15, 0.2) is 152 Å². The van der Waals surface area contributed by atoms with Crippen LogP contribution in [0.2, 0.25) is 0 Å². The van der Waals surface area contributed by atoms with Crippen molar-refractivity contribution in [3.8, 4) is 78.6 Å². The number of para-hydroxylation sites is 1.